The molecule has 1 aliphatic carbocycles. The number of rotatable bonds is 16. The molecule has 1 aromatic carbocycles. The Hall–Kier alpha value is -4.49. The zero-order valence-corrected chi connectivity index (χ0v) is 33.6. The molecule has 3 rings (SSSR count). The van der Waals surface area contributed by atoms with Crippen molar-refractivity contribution in [3.05, 3.63) is 35.9 Å². The molecule has 1 saturated carbocycles. The first-order chi connectivity index (χ1) is 25.2. The van der Waals surface area contributed by atoms with Crippen LogP contribution in [0.1, 0.15) is 105 Å². The van der Waals surface area contributed by atoms with Crippen LogP contribution in [0.5, 0.6) is 0 Å². The summed E-state index contributed by atoms with van der Waals surface area (Å²) in [6.45, 7) is 13.8. The van der Waals surface area contributed by atoms with Crippen LogP contribution in [0.2, 0.25) is 0 Å². The molecule has 0 aromatic heterocycles. The van der Waals surface area contributed by atoms with E-state index in [0.717, 1.165) is 25.7 Å². The van der Waals surface area contributed by atoms with Gasteiger partial charge in [-0.25, -0.2) is 4.79 Å². The summed E-state index contributed by atoms with van der Waals surface area (Å²) in [5.74, 6) is -4.06. The number of alkyl carbamates (subject to hydrolysis) is 1. The van der Waals surface area contributed by atoms with Gasteiger partial charge in [-0.15, -0.1) is 0 Å². The molecule has 6 amide bonds. The molecule has 300 valence electrons. The molecule has 1 saturated heterocycles. The molecule has 14 nitrogen and oxygen atoms in total. The van der Waals surface area contributed by atoms with Gasteiger partial charge in [-0.2, -0.15) is 0 Å². The Morgan fingerprint density at radius 1 is 0.907 bits per heavy atom. The zero-order chi connectivity index (χ0) is 40.4. The van der Waals surface area contributed by atoms with Crippen molar-refractivity contribution in [1.29, 1.82) is 0 Å². The van der Waals surface area contributed by atoms with E-state index < -0.39 is 65.7 Å². The van der Waals surface area contributed by atoms with E-state index in [0.29, 0.717) is 18.4 Å². The number of likely N-dealkylation sites (tertiary alicyclic amines) is 1. The van der Waals surface area contributed by atoms with Crippen molar-refractivity contribution in [2.75, 3.05) is 33.8 Å². The lowest BCUT2D eigenvalue weighted by Crippen LogP contribution is -2.58. The number of hydrogen-bond acceptors (Lipinski definition) is 8. The highest BCUT2D eigenvalue weighted by Crippen LogP contribution is 2.41. The summed E-state index contributed by atoms with van der Waals surface area (Å²) < 4.78 is 5.40. The first-order valence-corrected chi connectivity index (χ1v) is 19.2. The maximum absolute atomic E-state index is 14.4. The molecular formula is C40H62N6O8. The SMILES string of the molecule is CCCC(NC(=O)C1CC(C)(C)CN1C(=O)[C@@H](NC(=O)OCC(C)C)C1CCC(C)(C)CC1)C(=O)C(=O)NCC(=O)N[C@H](C(=O)N(C)C)c1ccccc1. The van der Waals surface area contributed by atoms with Crippen molar-refractivity contribution in [2.24, 2.45) is 22.7 Å². The van der Waals surface area contributed by atoms with E-state index in [-0.39, 0.29) is 48.6 Å². The number of likely N-dealkylation sites (N-methyl/N-ethyl adjacent to an activating group) is 1. The van der Waals surface area contributed by atoms with Gasteiger partial charge in [-0.1, -0.05) is 85.2 Å². The summed E-state index contributed by atoms with van der Waals surface area (Å²) in [4.78, 5) is 96.3. The third kappa shape index (κ3) is 12.5. The molecular weight excluding hydrogens is 692 g/mol. The minimum Gasteiger partial charge on any atom is -0.449 e. The molecule has 1 heterocycles. The largest absolute Gasteiger partial charge is 0.449 e. The van der Waals surface area contributed by atoms with Crippen LogP contribution in [0, 0.1) is 22.7 Å². The summed E-state index contributed by atoms with van der Waals surface area (Å²) in [5, 5.41) is 10.5. The molecule has 0 radical (unpaired) electrons. The van der Waals surface area contributed by atoms with Crippen LogP contribution in [0.4, 0.5) is 4.79 Å². The molecule has 0 spiro atoms. The Morgan fingerprint density at radius 3 is 2.11 bits per heavy atom. The van der Waals surface area contributed by atoms with E-state index in [2.05, 4.69) is 35.1 Å². The molecule has 4 N–H and O–H groups in total. The number of amides is 6. The standard InChI is InChI=1S/C40H62N6O8/c1-10-14-28(33(48)35(50)41-22-30(47)43-31(36(51)45(8)9)26-15-12-11-13-16-26)42-34(49)29-21-40(6,7)24-46(29)37(52)32(44-38(53)54-23-25(2)3)27-17-19-39(4,5)20-18-27/h11-13,15-16,25,27-29,31-32H,10,14,17-24H2,1-9H3,(H,41,50)(H,42,49)(H,43,47)(H,44,53)/t28?,29?,31-,32-/m0/s1. The van der Waals surface area contributed by atoms with E-state index in [1.165, 1.54) is 9.80 Å². The number of ether oxygens (including phenoxy) is 1. The number of nitrogens with zero attached hydrogens (tertiary/aromatic N) is 2. The molecule has 4 atom stereocenters. The summed E-state index contributed by atoms with van der Waals surface area (Å²) in [6.07, 6.45) is 3.43. The van der Waals surface area contributed by atoms with Crippen LogP contribution >= 0.6 is 0 Å². The van der Waals surface area contributed by atoms with E-state index in [9.17, 15) is 33.6 Å². The van der Waals surface area contributed by atoms with Gasteiger partial charge in [-0.3, -0.25) is 28.8 Å². The van der Waals surface area contributed by atoms with Gasteiger partial charge >= 0.3 is 6.09 Å². The zero-order valence-electron chi connectivity index (χ0n) is 33.6. The second-order valence-electron chi connectivity index (χ2n) is 17.0. The Balaban J connectivity index is 1.73. The van der Waals surface area contributed by atoms with Gasteiger partial charge in [0.15, 0.2) is 0 Å². The normalized spacial score (nSPS) is 19.5. The number of benzene rings is 1. The van der Waals surface area contributed by atoms with Crippen molar-refractivity contribution in [2.45, 2.75) is 118 Å². The van der Waals surface area contributed by atoms with Gasteiger partial charge in [0, 0.05) is 20.6 Å². The molecule has 54 heavy (non-hydrogen) atoms. The second-order valence-corrected chi connectivity index (χ2v) is 17.0. The van der Waals surface area contributed by atoms with Gasteiger partial charge in [0.2, 0.25) is 29.4 Å². The molecule has 2 fully saturated rings. The van der Waals surface area contributed by atoms with Crippen LogP contribution in [-0.2, 0) is 33.5 Å². The number of Topliss-reactive ketones (excluding diaryl/α,β-unsaturated/α-hetero) is 1. The molecule has 1 aliphatic heterocycles. The predicted molar refractivity (Wildman–Crippen MR) is 204 cm³/mol. The van der Waals surface area contributed by atoms with Crippen molar-refractivity contribution in [3.63, 3.8) is 0 Å². The first-order valence-electron chi connectivity index (χ1n) is 19.2. The van der Waals surface area contributed by atoms with Crippen LogP contribution in [0.3, 0.4) is 0 Å². The lowest BCUT2D eigenvalue weighted by atomic mass is 9.71. The summed E-state index contributed by atoms with van der Waals surface area (Å²) in [5.41, 5.74) is 0.221. The van der Waals surface area contributed by atoms with Crippen molar-refractivity contribution in [1.82, 2.24) is 31.1 Å². The topological polar surface area (TPSA) is 183 Å². The minimum absolute atomic E-state index is 0.108. The maximum atomic E-state index is 14.4. The average molecular weight is 755 g/mol. The minimum atomic E-state index is -1.21. The van der Waals surface area contributed by atoms with Gasteiger partial charge in [0.1, 0.15) is 18.1 Å². The number of carbonyl (C=O) groups excluding carboxylic acids is 7. The Morgan fingerprint density at radius 2 is 1.54 bits per heavy atom. The second kappa shape index (κ2) is 19.2. The molecule has 14 heteroatoms. The number of ketones is 1. The third-order valence-electron chi connectivity index (χ3n) is 10.2. The first kappa shape index (κ1) is 43.9. The highest BCUT2D eigenvalue weighted by Gasteiger charge is 2.48. The van der Waals surface area contributed by atoms with Crippen molar-refractivity contribution >= 4 is 41.4 Å². The van der Waals surface area contributed by atoms with Gasteiger partial charge < -0.3 is 35.8 Å². The quantitative estimate of drug-likeness (QED) is 0.185. The molecule has 0 bridgehead atoms. The van der Waals surface area contributed by atoms with E-state index in [4.69, 9.17) is 4.74 Å². The van der Waals surface area contributed by atoms with Gasteiger partial charge in [0.25, 0.3) is 5.91 Å². The highest BCUT2D eigenvalue weighted by atomic mass is 16.5. The van der Waals surface area contributed by atoms with Crippen molar-refractivity contribution < 1.29 is 38.3 Å². The fourth-order valence-corrected chi connectivity index (χ4v) is 7.10. The fourth-order valence-electron chi connectivity index (χ4n) is 7.10. The highest BCUT2D eigenvalue weighted by molar-refractivity contribution is 6.38. The van der Waals surface area contributed by atoms with Gasteiger partial charge in [0.05, 0.1) is 19.2 Å². The lowest BCUT2D eigenvalue weighted by molar-refractivity contribution is -0.143. The third-order valence-corrected chi connectivity index (χ3v) is 10.2. The fraction of sp³-hybridized carbons (Fsp3) is 0.675. The number of nitrogens with one attached hydrogen (secondary N) is 4. The van der Waals surface area contributed by atoms with E-state index in [1.54, 1.807) is 51.4 Å². The average Bonchev–Trinajstić information content (AvgIpc) is 3.45. The number of hydrogen-bond donors (Lipinski definition) is 4. The molecule has 1 aromatic rings. The van der Waals surface area contributed by atoms with Gasteiger partial charge in [-0.05, 0) is 66.8 Å². The smallest absolute Gasteiger partial charge is 0.407 e. The molecule has 2 unspecified atom stereocenters. The van der Waals surface area contributed by atoms with Crippen LogP contribution in [0.15, 0.2) is 30.3 Å². The van der Waals surface area contributed by atoms with Crippen molar-refractivity contribution in [3.8, 4) is 0 Å². The van der Waals surface area contributed by atoms with E-state index >= 15 is 0 Å². The van der Waals surface area contributed by atoms with Crippen LogP contribution < -0.4 is 21.3 Å². The summed E-state index contributed by atoms with van der Waals surface area (Å²) in [7, 11) is 3.12. The summed E-state index contributed by atoms with van der Waals surface area (Å²) in [6, 6.07) is 4.59. The van der Waals surface area contributed by atoms with E-state index in [1.807, 2.05) is 27.7 Å². The Labute approximate surface area is 320 Å². The lowest BCUT2D eigenvalue weighted by Gasteiger charge is -2.39. The predicted octanol–water partition coefficient (Wildman–Crippen LogP) is 3.50. The summed E-state index contributed by atoms with van der Waals surface area (Å²) >= 11 is 0. The van der Waals surface area contributed by atoms with Crippen LogP contribution in [-0.4, -0.2) is 103 Å². The Kier molecular flexibility index (Phi) is 15.6. The number of carbonyl (C=O) groups is 7. The molecule has 2 aliphatic rings. The Bertz CT molecular complexity index is 1500. The van der Waals surface area contributed by atoms with Crippen LogP contribution in [0.25, 0.3) is 0 Å². The monoisotopic (exact) mass is 754 g/mol. The maximum Gasteiger partial charge on any atom is 0.407 e.